The largest absolute Gasteiger partial charge is 0.494 e. The summed E-state index contributed by atoms with van der Waals surface area (Å²) in [4.78, 5) is 28.7. The van der Waals surface area contributed by atoms with Gasteiger partial charge >= 0.3 is 0 Å². The third-order valence-corrected chi connectivity index (χ3v) is 8.46. The van der Waals surface area contributed by atoms with E-state index in [1.165, 1.54) is 29.2 Å². The number of halogens is 1. The average Bonchev–Trinajstić information content (AvgIpc) is 2.94. The van der Waals surface area contributed by atoms with Crippen LogP contribution >= 0.6 is 11.6 Å². The Hall–Kier alpha value is -3.56. The number of benzene rings is 3. The number of hydrogen-bond donors (Lipinski definition) is 1. The molecule has 8 nitrogen and oxygen atoms in total. The number of carbonyl (C=O) groups excluding carboxylic acids is 2. The molecule has 1 N–H and O–H groups in total. The van der Waals surface area contributed by atoms with Gasteiger partial charge in [-0.05, 0) is 87.7 Å². The Morgan fingerprint density at radius 3 is 2.12 bits per heavy atom. The monoisotopic (exact) mass is 599 g/mol. The molecule has 0 saturated carbocycles. The molecule has 3 aromatic rings. The maximum absolute atomic E-state index is 14.0. The number of nitrogens with zero attached hydrogens (tertiary/aromatic N) is 2. The number of amides is 2. The normalized spacial score (nSPS) is 12.0. The second kappa shape index (κ2) is 14.9. The van der Waals surface area contributed by atoms with Crippen LogP contribution in [0.15, 0.2) is 83.8 Å². The molecule has 0 spiro atoms. The number of rotatable bonds is 14. The van der Waals surface area contributed by atoms with E-state index >= 15 is 0 Å². The Balaban J connectivity index is 2.01. The molecular weight excluding hydrogens is 562 g/mol. The van der Waals surface area contributed by atoms with Crippen LogP contribution < -0.4 is 14.4 Å². The van der Waals surface area contributed by atoms with Crippen molar-refractivity contribution in [3.63, 3.8) is 0 Å². The third-order valence-electron chi connectivity index (χ3n) is 6.42. The van der Waals surface area contributed by atoms with Crippen molar-refractivity contribution in [2.45, 2.75) is 57.5 Å². The summed E-state index contributed by atoms with van der Waals surface area (Å²) in [6.07, 6.45) is 0.872. The molecule has 0 aliphatic heterocycles. The lowest BCUT2D eigenvalue weighted by Crippen LogP contribution is -2.54. The minimum Gasteiger partial charge on any atom is -0.494 e. The van der Waals surface area contributed by atoms with Crippen molar-refractivity contribution in [1.29, 1.82) is 0 Å². The molecule has 0 aliphatic rings. The summed E-state index contributed by atoms with van der Waals surface area (Å²) in [6, 6.07) is 21.1. The first kappa shape index (κ1) is 32.0. The van der Waals surface area contributed by atoms with Crippen LogP contribution in [0.4, 0.5) is 5.69 Å². The molecule has 0 bridgehead atoms. The highest BCUT2D eigenvalue weighted by Crippen LogP contribution is 2.27. The van der Waals surface area contributed by atoms with Crippen molar-refractivity contribution in [3.05, 3.63) is 89.4 Å². The van der Waals surface area contributed by atoms with Gasteiger partial charge in [0.05, 0.1) is 17.2 Å². The Kier molecular flexibility index (Phi) is 11.6. The van der Waals surface area contributed by atoms with Gasteiger partial charge in [0.25, 0.3) is 10.0 Å². The topological polar surface area (TPSA) is 96.0 Å². The molecule has 3 aromatic carbocycles. The van der Waals surface area contributed by atoms with Gasteiger partial charge in [-0.15, -0.1) is 0 Å². The second-order valence-electron chi connectivity index (χ2n) is 9.80. The number of carbonyl (C=O) groups is 2. The van der Waals surface area contributed by atoms with Crippen molar-refractivity contribution >= 4 is 39.1 Å². The van der Waals surface area contributed by atoms with E-state index in [1.807, 2.05) is 58.0 Å². The molecular formula is C31H38ClN3O5S. The first-order valence-corrected chi connectivity index (χ1v) is 15.5. The fraction of sp³-hybridized carbons (Fsp3) is 0.355. The maximum atomic E-state index is 14.0. The highest BCUT2D eigenvalue weighted by molar-refractivity contribution is 7.92. The minimum atomic E-state index is -4.18. The fourth-order valence-electron chi connectivity index (χ4n) is 4.41. The van der Waals surface area contributed by atoms with E-state index in [4.69, 9.17) is 16.3 Å². The standard InChI is InChI=1S/C31H38ClN3O5S/c1-5-29(31(37)33-23(3)4)34(21-20-24-10-8-7-9-11-24)30(36)22-35(26-14-16-27(17-15-26)40-6-2)41(38,39)28-18-12-25(32)13-19-28/h7-19,23,29H,5-6,20-22H2,1-4H3,(H,33,37)/t29-/m0/s1. The van der Waals surface area contributed by atoms with Gasteiger partial charge in [-0.2, -0.15) is 0 Å². The molecule has 0 saturated heterocycles. The van der Waals surface area contributed by atoms with Crippen LogP contribution in [0.25, 0.3) is 0 Å². The molecule has 0 fully saturated rings. The van der Waals surface area contributed by atoms with E-state index in [-0.39, 0.29) is 23.4 Å². The predicted octanol–water partition coefficient (Wildman–Crippen LogP) is 5.31. The Labute approximate surface area is 248 Å². The van der Waals surface area contributed by atoms with Crippen LogP contribution in [0.5, 0.6) is 5.75 Å². The highest BCUT2D eigenvalue weighted by atomic mass is 35.5. The molecule has 10 heteroatoms. The molecule has 0 radical (unpaired) electrons. The lowest BCUT2D eigenvalue weighted by Gasteiger charge is -2.33. The van der Waals surface area contributed by atoms with Gasteiger partial charge in [-0.1, -0.05) is 48.9 Å². The summed E-state index contributed by atoms with van der Waals surface area (Å²) in [5, 5.41) is 3.29. The molecule has 0 aliphatic carbocycles. The van der Waals surface area contributed by atoms with Crippen LogP contribution in [-0.4, -0.2) is 56.9 Å². The Morgan fingerprint density at radius 1 is 0.927 bits per heavy atom. The van der Waals surface area contributed by atoms with Crippen LogP contribution in [-0.2, 0) is 26.0 Å². The average molecular weight is 600 g/mol. The zero-order chi connectivity index (χ0) is 30.0. The van der Waals surface area contributed by atoms with Gasteiger partial charge in [0.15, 0.2) is 0 Å². The minimum absolute atomic E-state index is 0.0102. The predicted molar refractivity (Wildman–Crippen MR) is 163 cm³/mol. The van der Waals surface area contributed by atoms with Gasteiger partial charge < -0.3 is 15.0 Å². The second-order valence-corrected chi connectivity index (χ2v) is 12.1. The van der Waals surface area contributed by atoms with E-state index in [0.717, 1.165) is 9.87 Å². The Morgan fingerprint density at radius 2 is 1.56 bits per heavy atom. The number of anilines is 1. The summed E-state index contributed by atoms with van der Waals surface area (Å²) < 4.78 is 34.4. The van der Waals surface area contributed by atoms with Gasteiger partial charge in [0, 0.05) is 17.6 Å². The first-order chi connectivity index (χ1) is 19.6. The van der Waals surface area contributed by atoms with E-state index in [0.29, 0.717) is 35.9 Å². The van der Waals surface area contributed by atoms with Gasteiger partial charge in [-0.25, -0.2) is 8.42 Å². The zero-order valence-electron chi connectivity index (χ0n) is 23.9. The molecule has 3 rings (SSSR count). The van der Waals surface area contributed by atoms with Crippen LogP contribution in [0.1, 0.15) is 39.7 Å². The number of hydrogen-bond acceptors (Lipinski definition) is 5. The van der Waals surface area contributed by atoms with Crippen molar-refractivity contribution in [2.75, 3.05) is 24.0 Å². The number of sulfonamides is 1. The van der Waals surface area contributed by atoms with E-state index in [9.17, 15) is 18.0 Å². The lowest BCUT2D eigenvalue weighted by atomic mass is 10.1. The number of nitrogens with one attached hydrogen (secondary N) is 1. The SMILES string of the molecule is CCOc1ccc(N(CC(=O)N(CCc2ccccc2)[C@@H](CC)C(=O)NC(C)C)S(=O)(=O)c2ccc(Cl)cc2)cc1. The summed E-state index contributed by atoms with van der Waals surface area (Å²) in [6.45, 7) is 7.59. The molecule has 0 heterocycles. The number of ether oxygens (including phenoxy) is 1. The van der Waals surface area contributed by atoms with E-state index < -0.39 is 28.5 Å². The first-order valence-electron chi connectivity index (χ1n) is 13.7. The van der Waals surface area contributed by atoms with Gasteiger partial charge in [-0.3, -0.25) is 13.9 Å². The quantitative estimate of drug-likeness (QED) is 0.271. The van der Waals surface area contributed by atoms with Crippen molar-refractivity contribution in [1.82, 2.24) is 10.2 Å². The van der Waals surface area contributed by atoms with Crippen LogP contribution in [0.2, 0.25) is 5.02 Å². The third kappa shape index (κ3) is 8.71. The molecule has 1 atom stereocenters. The van der Waals surface area contributed by atoms with E-state index in [2.05, 4.69) is 5.32 Å². The van der Waals surface area contributed by atoms with Crippen molar-refractivity contribution in [3.8, 4) is 5.75 Å². The van der Waals surface area contributed by atoms with Gasteiger partial charge in [0.2, 0.25) is 11.8 Å². The zero-order valence-corrected chi connectivity index (χ0v) is 25.5. The smallest absolute Gasteiger partial charge is 0.264 e. The maximum Gasteiger partial charge on any atom is 0.264 e. The fourth-order valence-corrected chi connectivity index (χ4v) is 5.95. The molecule has 2 amide bonds. The summed E-state index contributed by atoms with van der Waals surface area (Å²) in [5.74, 6) is -0.192. The van der Waals surface area contributed by atoms with E-state index in [1.54, 1.807) is 24.3 Å². The summed E-state index contributed by atoms with van der Waals surface area (Å²) in [5.41, 5.74) is 1.29. The Bertz CT molecular complexity index is 1380. The molecule has 0 aromatic heterocycles. The molecule has 41 heavy (non-hydrogen) atoms. The van der Waals surface area contributed by atoms with Crippen LogP contribution in [0, 0.1) is 0 Å². The highest BCUT2D eigenvalue weighted by Gasteiger charge is 2.33. The summed E-state index contributed by atoms with van der Waals surface area (Å²) in [7, 11) is -4.18. The molecule has 0 unspecified atom stereocenters. The van der Waals surface area contributed by atoms with Gasteiger partial charge in [0.1, 0.15) is 18.3 Å². The van der Waals surface area contributed by atoms with Crippen molar-refractivity contribution < 1.29 is 22.7 Å². The lowest BCUT2D eigenvalue weighted by molar-refractivity contribution is -0.139. The van der Waals surface area contributed by atoms with Crippen LogP contribution in [0.3, 0.4) is 0 Å². The van der Waals surface area contributed by atoms with Crippen molar-refractivity contribution in [2.24, 2.45) is 0 Å². The molecule has 220 valence electrons. The summed E-state index contributed by atoms with van der Waals surface area (Å²) >= 11 is 6.01.